The van der Waals surface area contributed by atoms with Crippen molar-refractivity contribution in [2.24, 2.45) is 0 Å². The van der Waals surface area contributed by atoms with Gasteiger partial charge in [0, 0.05) is 12.3 Å². The first kappa shape index (κ1) is 15.5. The van der Waals surface area contributed by atoms with E-state index >= 15 is 0 Å². The van der Waals surface area contributed by atoms with Crippen molar-refractivity contribution in [2.45, 2.75) is 6.92 Å². The van der Waals surface area contributed by atoms with Gasteiger partial charge in [-0.3, -0.25) is 4.40 Å². The van der Waals surface area contributed by atoms with E-state index < -0.39 is 0 Å². The first-order valence-electron chi connectivity index (χ1n) is 7.42. The van der Waals surface area contributed by atoms with Crippen LogP contribution in [0.1, 0.15) is 5.69 Å². The van der Waals surface area contributed by atoms with Crippen LogP contribution >= 0.6 is 11.6 Å². The molecule has 0 bridgehead atoms. The molecule has 8 heteroatoms. The third-order valence-electron chi connectivity index (χ3n) is 3.64. The van der Waals surface area contributed by atoms with Gasteiger partial charge in [0.1, 0.15) is 17.7 Å². The first-order chi connectivity index (χ1) is 12.2. The minimum Gasteiger partial charge on any atom is -0.495 e. The summed E-state index contributed by atoms with van der Waals surface area (Å²) in [5, 5.41) is 0.569. The molecule has 0 aliphatic rings. The number of oxazole rings is 1. The number of halogens is 1. The second kappa shape index (κ2) is 6.10. The number of ether oxygens (including phenoxy) is 2. The number of hydrogen-bond donors (Lipinski definition) is 0. The number of aromatic nitrogens is 4. The molecule has 0 unspecified atom stereocenters. The molecule has 0 aliphatic heterocycles. The van der Waals surface area contributed by atoms with Crippen LogP contribution in [0.15, 0.2) is 47.3 Å². The highest BCUT2D eigenvalue weighted by molar-refractivity contribution is 6.33. The van der Waals surface area contributed by atoms with Crippen LogP contribution in [0.3, 0.4) is 0 Å². The van der Waals surface area contributed by atoms with Crippen molar-refractivity contribution < 1.29 is 13.9 Å². The average molecular weight is 357 g/mol. The van der Waals surface area contributed by atoms with Gasteiger partial charge in [0.15, 0.2) is 5.65 Å². The zero-order valence-corrected chi connectivity index (χ0v) is 14.2. The molecule has 0 amide bonds. The summed E-state index contributed by atoms with van der Waals surface area (Å²) in [5.41, 5.74) is 2.84. The van der Waals surface area contributed by atoms with E-state index in [1.54, 1.807) is 31.5 Å². The van der Waals surface area contributed by atoms with Gasteiger partial charge in [0.2, 0.25) is 5.88 Å². The van der Waals surface area contributed by atoms with E-state index in [1.807, 2.05) is 23.6 Å². The summed E-state index contributed by atoms with van der Waals surface area (Å²) in [6.45, 7) is 1.89. The molecule has 0 spiro atoms. The van der Waals surface area contributed by atoms with Gasteiger partial charge in [-0.1, -0.05) is 11.6 Å². The zero-order valence-electron chi connectivity index (χ0n) is 13.4. The quantitative estimate of drug-likeness (QED) is 0.547. The molecule has 0 aromatic carbocycles. The summed E-state index contributed by atoms with van der Waals surface area (Å²) >= 11 is 6.20. The zero-order chi connectivity index (χ0) is 17.4. The van der Waals surface area contributed by atoms with E-state index in [2.05, 4.69) is 15.0 Å². The van der Waals surface area contributed by atoms with Crippen LogP contribution in [0.25, 0.3) is 17.0 Å². The maximum Gasteiger partial charge on any atom is 0.401 e. The Morgan fingerprint density at radius 2 is 2.08 bits per heavy atom. The Morgan fingerprint density at radius 3 is 2.84 bits per heavy atom. The van der Waals surface area contributed by atoms with Crippen LogP contribution in [0.4, 0.5) is 0 Å². The summed E-state index contributed by atoms with van der Waals surface area (Å²) in [6, 6.07) is 7.04. The van der Waals surface area contributed by atoms with Crippen molar-refractivity contribution in [3.05, 3.63) is 53.6 Å². The summed E-state index contributed by atoms with van der Waals surface area (Å²) in [4.78, 5) is 13.0. The van der Waals surface area contributed by atoms with Crippen molar-refractivity contribution in [2.75, 3.05) is 7.11 Å². The summed E-state index contributed by atoms with van der Waals surface area (Å²) in [6.07, 6.45) is 5.02. The number of imidazole rings is 1. The summed E-state index contributed by atoms with van der Waals surface area (Å²) < 4.78 is 17.9. The van der Waals surface area contributed by atoms with Gasteiger partial charge in [-0.2, -0.15) is 4.98 Å². The molecule has 0 saturated heterocycles. The molecule has 7 nitrogen and oxygen atoms in total. The largest absolute Gasteiger partial charge is 0.495 e. The van der Waals surface area contributed by atoms with E-state index in [4.69, 9.17) is 25.5 Å². The van der Waals surface area contributed by atoms with Crippen LogP contribution in [0.5, 0.6) is 17.7 Å². The fourth-order valence-corrected chi connectivity index (χ4v) is 2.71. The second-order valence-electron chi connectivity index (χ2n) is 5.23. The van der Waals surface area contributed by atoms with Crippen LogP contribution in [0.2, 0.25) is 5.02 Å². The topological polar surface area (TPSA) is 74.7 Å². The highest BCUT2D eigenvalue weighted by Crippen LogP contribution is 2.30. The normalized spacial score (nSPS) is 11.0. The minimum absolute atomic E-state index is 0.0871. The number of nitrogens with zero attached hydrogens (tertiary/aromatic N) is 4. The van der Waals surface area contributed by atoms with E-state index in [0.29, 0.717) is 28.0 Å². The van der Waals surface area contributed by atoms with Gasteiger partial charge >= 0.3 is 6.08 Å². The maximum atomic E-state index is 6.20. The first-order valence-corrected chi connectivity index (χ1v) is 7.80. The van der Waals surface area contributed by atoms with Crippen LogP contribution in [-0.2, 0) is 0 Å². The van der Waals surface area contributed by atoms with Crippen LogP contribution in [0, 0.1) is 6.92 Å². The molecule has 0 N–H and O–H groups in total. The number of pyridine rings is 2. The van der Waals surface area contributed by atoms with Gasteiger partial charge in [-0.15, -0.1) is 0 Å². The average Bonchev–Trinajstić information content (AvgIpc) is 3.20. The molecule has 4 aromatic heterocycles. The highest BCUT2D eigenvalue weighted by Gasteiger charge is 2.17. The molecule has 0 atom stereocenters. The molecule has 126 valence electrons. The molecule has 25 heavy (non-hydrogen) atoms. The van der Waals surface area contributed by atoms with Gasteiger partial charge in [-0.05, 0) is 25.1 Å². The molecule has 0 aliphatic carbocycles. The molecule has 4 heterocycles. The predicted octanol–water partition coefficient (Wildman–Crippen LogP) is 4.15. The summed E-state index contributed by atoms with van der Waals surface area (Å²) in [7, 11) is 1.57. The van der Waals surface area contributed by atoms with E-state index in [-0.39, 0.29) is 6.08 Å². The lowest BCUT2D eigenvalue weighted by Gasteiger charge is -2.01. The Morgan fingerprint density at radius 1 is 1.20 bits per heavy atom. The third-order valence-corrected chi connectivity index (χ3v) is 3.93. The fourth-order valence-electron chi connectivity index (χ4n) is 2.51. The number of rotatable bonds is 4. The SMILES string of the molecule is COc1ccc(Oc2nc(-c3c(C)nc4c(Cl)cccn34)co2)nc1. The van der Waals surface area contributed by atoms with Gasteiger partial charge in [-0.25, -0.2) is 9.97 Å². The summed E-state index contributed by atoms with van der Waals surface area (Å²) in [5.74, 6) is 0.991. The Kier molecular flexibility index (Phi) is 3.77. The lowest BCUT2D eigenvalue weighted by molar-refractivity contribution is 0.320. The number of hydrogen-bond acceptors (Lipinski definition) is 6. The number of fused-ring (bicyclic) bond motifs is 1. The molecule has 0 radical (unpaired) electrons. The van der Waals surface area contributed by atoms with Crippen molar-refractivity contribution in [1.82, 2.24) is 19.4 Å². The maximum absolute atomic E-state index is 6.20. The van der Waals surface area contributed by atoms with Gasteiger partial charge in [0.05, 0.1) is 29.7 Å². The molecule has 4 aromatic rings. The lowest BCUT2D eigenvalue weighted by Crippen LogP contribution is -1.91. The standard InChI is InChI=1S/C17H13ClN4O3/c1-10-15(22-7-3-4-12(18)16(22)20-10)13-9-24-17(21-13)25-14-6-5-11(23-2)8-19-14/h3-9H,1-2H3. The molecule has 0 fully saturated rings. The Bertz CT molecular complexity index is 1040. The van der Waals surface area contributed by atoms with Gasteiger partial charge < -0.3 is 13.9 Å². The van der Waals surface area contributed by atoms with Crippen molar-refractivity contribution in [1.29, 1.82) is 0 Å². The van der Waals surface area contributed by atoms with Crippen LogP contribution in [-0.4, -0.2) is 26.5 Å². The number of methoxy groups -OCH3 is 1. The number of aryl methyl sites for hydroxylation is 1. The van der Waals surface area contributed by atoms with E-state index in [9.17, 15) is 0 Å². The smallest absolute Gasteiger partial charge is 0.401 e. The molecular formula is C17H13ClN4O3. The monoisotopic (exact) mass is 356 g/mol. The molecule has 4 rings (SSSR count). The highest BCUT2D eigenvalue weighted by atomic mass is 35.5. The van der Waals surface area contributed by atoms with E-state index in [0.717, 1.165) is 11.4 Å². The Labute approximate surface area is 147 Å². The lowest BCUT2D eigenvalue weighted by atomic mass is 10.3. The van der Waals surface area contributed by atoms with Crippen molar-refractivity contribution in [3.63, 3.8) is 0 Å². The Hall–Kier alpha value is -3.06. The minimum atomic E-state index is 0.0871. The van der Waals surface area contributed by atoms with E-state index in [1.165, 1.54) is 6.26 Å². The predicted molar refractivity (Wildman–Crippen MR) is 91.3 cm³/mol. The second-order valence-corrected chi connectivity index (χ2v) is 5.64. The van der Waals surface area contributed by atoms with Crippen molar-refractivity contribution >= 4 is 17.2 Å². The van der Waals surface area contributed by atoms with Crippen LogP contribution < -0.4 is 9.47 Å². The molecular weight excluding hydrogens is 344 g/mol. The van der Waals surface area contributed by atoms with Crippen molar-refractivity contribution in [3.8, 4) is 29.1 Å². The third kappa shape index (κ3) is 2.78. The Balaban J connectivity index is 1.67. The van der Waals surface area contributed by atoms with Gasteiger partial charge in [0.25, 0.3) is 0 Å². The fraction of sp³-hybridized carbons (Fsp3) is 0.118. The molecule has 0 saturated carbocycles.